The predicted octanol–water partition coefficient (Wildman–Crippen LogP) is 2.95. The number of aryl methyl sites for hydroxylation is 1. The third kappa shape index (κ3) is 7.31. The number of guanidine groups is 1. The second-order valence-electron chi connectivity index (χ2n) is 6.85. The van der Waals surface area contributed by atoms with Crippen molar-refractivity contribution in [2.45, 2.75) is 27.2 Å². The summed E-state index contributed by atoms with van der Waals surface area (Å²) in [5, 5.41) is 6.94. The molecule has 1 unspecified atom stereocenters. The van der Waals surface area contributed by atoms with E-state index >= 15 is 0 Å². The normalized spacial score (nSPS) is 17.7. The first-order valence-electron chi connectivity index (χ1n) is 9.64. The number of likely N-dealkylation sites (N-methyl/N-ethyl adjacent to an activating group) is 1. The molecule has 0 aromatic heterocycles. The summed E-state index contributed by atoms with van der Waals surface area (Å²) in [6.45, 7) is 14.0. The van der Waals surface area contributed by atoms with Crippen LogP contribution in [0.25, 0.3) is 0 Å². The number of nitrogens with one attached hydrogen (secondary N) is 2. The Balaban J connectivity index is 0.00000338. The van der Waals surface area contributed by atoms with Crippen LogP contribution in [-0.4, -0.2) is 63.7 Å². The molecule has 6 heteroatoms. The van der Waals surface area contributed by atoms with Crippen LogP contribution in [0.5, 0.6) is 0 Å². The van der Waals surface area contributed by atoms with Gasteiger partial charge in [-0.2, -0.15) is 0 Å². The van der Waals surface area contributed by atoms with E-state index in [0.717, 1.165) is 44.6 Å². The lowest BCUT2D eigenvalue weighted by Gasteiger charge is -2.24. The molecular weight excluding hydrogens is 437 g/mol. The van der Waals surface area contributed by atoms with E-state index < -0.39 is 0 Å². The summed E-state index contributed by atoms with van der Waals surface area (Å²) in [4.78, 5) is 9.27. The molecule has 1 saturated heterocycles. The number of hydrogen-bond donors (Lipinski definition) is 2. The second-order valence-corrected chi connectivity index (χ2v) is 6.85. The highest BCUT2D eigenvalue weighted by molar-refractivity contribution is 14.0. The number of rotatable bonds is 8. The lowest BCUT2D eigenvalue weighted by atomic mass is 10.1. The van der Waals surface area contributed by atoms with E-state index in [1.54, 1.807) is 0 Å². The Bertz CT molecular complexity index is 549. The summed E-state index contributed by atoms with van der Waals surface area (Å²) in [5.41, 5.74) is 2.59. The Morgan fingerprint density at radius 2 is 2.12 bits per heavy atom. The van der Waals surface area contributed by atoms with Gasteiger partial charge in [0.05, 0.1) is 0 Å². The molecular formula is C20H36IN5. The highest BCUT2D eigenvalue weighted by Gasteiger charge is 2.20. The van der Waals surface area contributed by atoms with Crippen LogP contribution in [0.2, 0.25) is 0 Å². The highest BCUT2D eigenvalue weighted by Crippen LogP contribution is 2.15. The SMILES string of the molecule is CCN1CCC(CNC(=NC)NCCN(CC)c2cccc(C)c2)C1.I. The fourth-order valence-corrected chi connectivity index (χ4v) is 3.43. The maximum atomic E-state index is 4.36. The molecule has 2 N–H and O–H groups in total. The lowest BCUT2D eigenvalue weighted by Crippen LogP contribution is -2.43. The van der Waals surface area contributed by atoms with Crippen molar-refractivity contribution in [2.24, 2.45) is 10.9 Å². The topological polar surface area (TPSA) is 42.9 Å². The predicted molar refractivity (Wildman–Crippen MR) is 124 cm³/mol. The molecule has 148 valence electrons. The molecule has 0 aliphatic carbocycles. The number of hydrogen-bond acceptors (Lipinski definition) is 3. The van der Waals surface area contributed by atoms with Crippen LogP contribution in [0.3, 0.4) is 0 Å². The average Bonchev–Trinajstić information content (AvgIpc) is 3.09. The molecule has 1 aromatic rings. The van der Waals surface area contributed by atoms with Crippen molar-refractivity contribution >= 4 is 35.6 Å². The molecule has 5 nitrogen and oxygen atoms in total. The van der Waals surface area contributed by atoms with E-state index in [2.05, 4.69) is 70.5 Å². The van der Waals surface area contributed by atoms with Crippen LogP contribution >= 0.6 is 24.0 Å². The van der Waals surface area contributed by atoms with Crippen molar-refractivity contribution in [3.8, 4) is 0 Å². The van der Waals surface area contributed by atoms with Crippen LogP contribution < -0.4 is 15.5 Å². The fourth-order valence-electron chi connectivity index (χ4n) is 3.43. The molecule has 1 heterocycles. The fraction of sp³-hybridized carbons (Fsp3) is 0.650. The summed E-state index contributed by atoms with van der Waals surface area (Å²) in [6, 6.07) is 8.70. The van der Waals surface area contributed by atoms with Crippen molar-refractivity contribution in [1.29, 1.82) is 0 Å². The first-order valence-corrected chi connectivity index (χ1v) is 9.64. The van der Waals surface area contributed by atoms with Crippen LogP contribution in [0.15, 0.2) is 29.3 Å². The molecule has 0 spiro atoms. The lowest BCUT2D eigenvalue weighted by molar-refractivity contribution is 0.342. The van der Waals surface area contributed by atoms with Crippen molar-refractivity contribution < 1.29 is 0 Å². The van der Waals surface area contributed by atoms with Gasteiger partial charge in [-0.3, -0.25) is 4.99 Å². The van der Waals surface area contributed by atoms with E-state index in [4.69, 9.17) is 0 Å². The van der Waals surface area contributed by atoms with Gasteiger partial charge in [-0.15, -0.1) is 24.0 Å². The summed E-state index contributed by atoms with van der Waals surface area (Å²) < 4.78 is 0. The number of halogens is 1. The molecule has 0 radical (unpaired) electrons. The molecule has 1 aliphatic rings. The zero-order chi connectivity index (χ0) is 18.1. The van der Waals surface area contributed by atoms with Gasteiger partial charge in [0.1, 0.15) is 0 Å². The Morgan fingerprint density at radius 3 is 2.73 bits per heavy atom. The van der Waals surface area contributed by atoms with Crippen LogP contribution in [0, 0.1) is 12.8 Å². The van der Waals surface area contributed by atoms with E-state index in [-0.39, 0.29) is 24.0 Å². The zero-order valence-electron chi connectivity index (χ0n) is 16.8. The van der Waals surface area contributed by atoms with E-state index in [1.165, 1.54) is 30.8 Å². The molecule has 2 rings (SSSR count). The molecule has 1 aliphatic heterocycles. The molecule has 0 saturated carbocycles. The molecule has 0 bridgehead atoms. The Hall–Kier alpha value is -1.02. The van der Waals surface area contributed by atoms with Gasteiger partial charge in [-0.05, 0) is 57.0 Å². The minimum absolute atomic E-state index is 0. The van der Waals surface area contributed by atoms with Gasteiger partial charge in [0.2, 0.25) is 0 Å². The maximum Gasteiger partial charge on any atom is 0.191 e. The largest absolute Gasteiger partial charge is 0.370 e. The zero-order valence-corrected chi connectivity index (χ0v) is 19.1. The van der Waals surface area contributed by atoms with Gasteiger partial charge < -0.3 is 20.4 Å². The Morgan fingerprint density at radius 1 is 1.31 bits per heavy atom. The molecule has 1 atom stereocenters. The highest BCUT2D eigenvalue weighted by atomic mass is 127. The maximum absolute atomic E-state index is 4.36. The summed E-state index contributed by atoms with van der Waals surface area (Å²) in [6.07, 6.45) is 1.29. The van der Waals surface area contributed by atoms with E-state index in [9.17, 15) is 0 Å². The number of likely N-dealkylation sites (tertiary alicyclic amines) is 1. The smallest absolute Gasteiger partial charge is 0.191 e. The van der Waals surface area contributed by atoms with Gasteiger partial charge in [0.25, 0.3) is 0 Å². The monoisotopic (exact) mass is 473 g/mol. The van der Waals surface area contributed by atoms with E-state index in [0.29, 0.717) is 0 Å². The third-order valence-corrected chi connectivity index (χ3v) is 5.02. The van der Waals surface area contributed by atoms with Gasteiger partial charge in [0, 0.05) is 45.5 Å². The van der Waals surface area contributed by atoms with Gasteiger partial charge in [-0.25, -0.2) is 0 Å². The summed E-state index contributed by atoms with van der Waals surface area (Å²) in [5.74, 6) is 1.65. The average molecular weight is 473 g/mol. The summed E-state index contributed by atoms with van der Waals surface area (Å²) >= 11 is 0. The quantitative estimate of drug-likeness (QED) is 0.346. The molecule has 1 aromatic carbocycles. The number of nitrogens with zero attached hydrogens (tertiary/aromatic N) is 3. The summed E-state index contributed by atoms with van der Waals surface area (Å²) in [7, 11) is 1.85. The van der Waals surface area contributed by atoms with Crippen LogP contribution in [0.1, 0.15) is 25.8 Å². The van der Waals surface area contributed by atoms with Crippen LogP contribution in [-0.2, 0) is 0 Å². The minimum Gasteiger partial charge on any atom is -0.370 e. The first kappa shape index (κ1) is 23.0. The van der Waals surface area contributed by atoms with Gasteiger partial charge in [0.15, 0.2) is 5.96 Å². The number of benzene rings is 1. The Kier molecular flexibility index (Phi) is 11.0. The second kappa shape index (κ2) is 12.4. The van der Waals surface area contributed by atoms with Gasteiger partial charge >= 0.3 is 0 Å². The van der Waals surface area contributed by atoms with Crippen LogP contribution in [0.4, 0.5) is 5.69 Å². The van der Waals surface area contributed by atoms with Gasteiger partial charge in [-0.1, -0.05) is 19.1 Å². The number of aliphatic imine (C=N–C) groups is 1. The Labute approximate surface area is 176 Å². The van der Waals surface area contributed by atoms with E-state index in [1.807, 2.05) is 7.05 Å². The third-order valence-electron chi connectivity index (χ3n) is 5.02. The number of anilines is 1. The van der Waals surface area contributed by atoms with Crippen molar-refractivity contribution in [3.63, 3.8) is 0 Å². The minimum atomic E-state index is 0. The van der Waals surface area contributed by atoms with Crippen molar-refractivity contribution in [1.82, 2.24) is 15.5 Å². The standard InChI is InChI=1S/C20H35N5.HI/c1-5-24-12-10-18(16-24)15-23-20(21-4)22-11-13-25(6-2)19-9-7-8-17(3)14-19;/h7-9,14,18H,5-6,10-13,15-16H2,1-4H3,(H2,21,22,23);1H. The molecule has 26 heavy (non-hydrogen) atoms. The molecule has 1 fully saturated rings. The van der Waals surface area contributed by atoms with Crippen molar-refractivity contribution in [2.75, 3.05) is 57.8 Å². The van der Waals surface area contributed by atoms with Crippen molar-refractivity contribution in [3.05, 3.63) is 29.8 Å². The molecule has 0 amide bonds. The first-order chi connectivity index (χ1) is 12.2.